The summed E-state index contributed by atoms with van der Waals surface area (Å²) in [6.07, 6.45) is 4.11. The summed E-state index contributed by atoms with van der Waals surface area (Å²) in [5.41, 5.74) is 4.15. The van der Waals surface area contributed by atoms with Crippen molar-refractivity contribution in [3.05, 3.63) is 107 Å². The van der Waals surface area contributed by atoms with Crippen LogP contribution in [0.1, 0.15) is 43.0 Å². The molecule has 3 rings (SSSR count). The Morgan fingerprint density at radius 1 is 0.788 bits per heavy atom. The summed E-state index contributed by atoms with van der Waals surface area (Å²) in [5.74, 6) is 7.57. The normalized spacial score (nSPS) is 11.8. The van der Waals surface area contributed by atoms with Gasteiger partial charge in [0.2, 0.25) is 0 Å². The van der Waals surface area contributed by atoms with Gasteiger partial charge in [-0.1, -0.05) is 105 Å². The van der Waals surface area contributed by atoms with Crippen LogP contribution < -0.4 is 4.43 Å². The van der Waals surface area contributed by atoms with Gasteiger partial charge in [0.25, 0.3) is 8.32 Å². The van der Waals surface area contributed by atoms with Crippen LogP contribution in [0.2, 0.25) is 18.1 Å². The molecule has 0 aliphatic rings. The summed E-state index contributed by atoms with van der Waals surface area (Å²) in [7, 11) is -1.94. The molecule has 3 aromatic rings. The van der Waals surface area contributed by atoms with E-state index in [1.807, 2.05) is 66.7 Å². The second-order valence-corrected chi connectivity index (χ2v) is 14.3. The van der Waals surface area contributed by atoms with Gasteiger partial charge >= 0.3 is 0 Å². The van der Waals surface area contributed by atoms with Crippen LogP contribution >= 0.6 is 0 Å². The molecular weight excluding hydrogens is 420 g/mol. The molecule has 2 nitrogen and oxygen atoms in total. The Morgan fingerprint density at radius 3 is 2.12 bits per heavy atom. The minimum atomic E-state index is -1.94. The van der Waals surface area contributed by atoms with Crippen LogP contribution in [0.5, 0.6) is 5.75 Å². The van der Waals surface area contributed by atoms with Crippen molar-refractivity contribution in [1.29, 1.82) is 0 Å². The summed E-state index contributed by atoms with van der Waals surface area (Å²) in [6.45, 7) is 12.3. The number of benzene rings is 3. The summed E-state index contributed by atoms with van der Waals surface area (Å²) >= 11 is 0. The Morgan fingerprint density at radius 2 is 1.39 bits per heavy atom. The average molecular weight is 455 g/mol. The molecule has 3 heteroatoms. The van der Waals surface area contributed by atoms with E-state index in [4.69, 9.17) is 9.16 Å². The molecule has 0 aliphatic carbocycles. The molecule has 0 radical (unpaired) electrons. The van der Waals surface area contributed by atoms with E-state index in [1.54, 1.807) is 0 Å². The number of rotatable bonds is 7. The highest BCUT2D eigenvalue weighted by Gasteiger charge is 2.39. The molecule has 0 saturated heterocycles. The Kier molecular flexibility index (Phi) is 8.33. The molecule has 3 aromatic carbocycles. The van der Waals surface area contributed by atoms with Crippen LogP contribution in [-0.4, -0.2) is 14.9 Å². The van der Waals surface area contributed by atoms with Gasteiger partial charge in [0.15, 0.2) is 0 Å². The van der Waals surface area contributed by atoms with Gasteiger partial charge in [-0.25, -0.2) is 0 Å². The van der Waals surface area contributed by atoms with Gasteiger partial charge in [-0.3, -0.25) is 0 Å². The van der Waals surface area contributed by atoms with Crippen molar-refractivity contribution < 1.29 is 9.16 Å². The van der Waals surface area contributed by atoms with Crippen molar-refractivity contribution in [2.45, 2.75) is 45.5 Å². The van der Waals surface area contributed by atoms with Gasteiger partial charge in [-0.05, 0) is 47.5 Å². The molecule has 0 heterocycles. The highest BCUT2D eigenvalue weighted by atomic mass is 28.4. The van der Waals surface area contributed by atoms with Crippen LogP contribution in [0, 0.1) is 11.8 Å². The van der Waals surface area contributed by atoms with Crippen molar-refractivity contribution in [1.82, 2.24) is 0 Å². The highest BCUT2D eigenvalue weighted by Crippen LogP contribution is 2.38. The maximum atomic E-state index is 6.55. The molecule has 0 aromatic heterocycles. The zero-order valence-electron chi connectivity index (χ0n) is 20.4. The number of para-hydroxylation sites is 1. The van der Waals surface area contributed by atoms with Gasteiger partial charge in [-0.2, -0.15) is 0 Å². The summed E-state index contributed by atoms with van der Waals surface area (Å²) in [4.78, 5) is 0. The molecule has 0 bridgehead atoms. The van der Waals surface area contributed by atoms with Gasteiger partial charge in [0.1, 0.15) is 5.75 Å². The minimum Gasteiger partial charge on any atom is -0.543 e. The molecule has 0 N–H and O–H groups in total. The van der Waals surface area contributed by atoms with Gasteiger partial charge in [0.05, 0.1) is 18.8 Å². The molecule has 0 aliphatic heterocycles. The van der Waals surface area contributed by atoms with E-state index >= 15 is 0 Å². The van der Waals surface area contributed by atoms with Crippen molar-refractivity contribution in [3.63, 3.8) is 0 Å². The number of hydrogen-bond donors (Lipinski definition) is 0. The Bertz CT molecular complexity index is 1130. The lowest BCUT2D eigenvalue weighted by atomic mass is 10.1. The fourth-order valence-electron chi connectivity index (χ4n) is 2.97. The molecule has 33 heavy (non-hydrogen) atoms. The van der Waals surface area contributed by atoms with E-state index in [-0.39, 0.29) is 5.04 Å². The van der Waals surface area contributed by atoms with Crippen LogP contribution in [0.25, 0.3) is 6.08 Å². The van der Waals surface area contributed by atoms with E-state index < -0.39 is 8.32 Å². The number of hydrogen-bond acceptors (Lipinski definition) is 2. The molecule has 0 amide bonds. The van der Waals surface area contributed by atoms with Crippen molar-refractivity contribution in [2.75, 3.05) is 6.61 Å². The topological polar surface area (TPSA) is 18.5 Å². The lowest BCUT2D eigenvalue weighted by Crippen LogP contribution is -2.44. The highest BCUT2D eigenvalue weighted by molar-refractivity contribution is 6.74. The van der Waals surface area contributed by atoms with Crippen LogP contribution in [0.15, 0.2) is 84.9 Å². The second kappa shape index (κ2) is 11.2. The Labute approximate surface area is 200 Å². The molecule has 0 fully saturated rings. The first-order valence-corrected chi connectivity index (χ1v) is 14.3. The number of ether oxygens (including phenoxy) is 1. The van der Waals surface area contributed by atoms with E-state index in [0.29, 0.717) is 13.2 Å². The minimum absolute atomic E-state index is 0.131. The first kappa shape index (κ1) is 24.6. The van der Waals surface area contributed by atoms with E-state index in [1.165, 1.54) is 5.56 Å². The Balaban J connectivity index is 1.70. The molecule has 0 saturated carbocycles. The zero-order valence-corrected chi connectivity index (χ0v) is 21.4. The van der Waals surface area contributed by atoms with E-state index in [9.17, 15) is 0 Å². The standard InChI is InChI=1S/C30H34O2Si/c1-30(2,3)33(4,5)32-29-20-12-11-18-27(29)22-21-26-17-9-10-19-28(26)24-31-23-13-16-25-14-7-6-8-15-25/h6-20H,23-24H2,1-5H3/b16-13+. The Hall–Kier alpha value is -3.06. The van der Waals surface area contributed by atoms with Crippen LogP contribution in [0.4, 0.5) is 0 Å². The van der Waals surface area contributed by atoms with Crippen molar-refractivity contribution >= 4 is 14.4 Å². The molecule has 0 spiro atoms. The van der Waals surface area contributed by atoms with E-state index in [0.717, 1.165) is 22.4 Å². The smallest absolute Gasteiger partial charge is 0.250 e. The lowest BCUT2D eigenvalue weighted by Gasteiger charge is -2.36. The van der Waals surface area contributed by atoms with Crippen molar-refractivity contribution in [2.24, 2.45) is 0 Å². The molecule has 170 valence electrons. The van der Waals surface area contributed by atoms with Crippen LogP contribution in [-0.2, 0) is 11.3 Å². The fraction of sp³-hybridized carbons (Fsp3) is 0.267. The molecule has 0 atom stereocenters. The van der Waals surface area contributed by atoms with Crippen LogP contribution in [0.3, 0.4) is 0 Å². The largest absolute Gasteiger partial charge is 0.543 e. The third-order valence-corrected chi connectivity index (χ3v) is 10.3. The van der Waals surface area contributed by atoms with Gasteiger partial charge in [-0.15, -0.1) is 0 Å². The SMILES string of the molecule is CC(C)(C)[Si](C)(C)Oc1ccccc1C#Cc1ccccc1COC/C=C/c1ccccc1. The first-order chi connectivity index (χ1) is 15.8. The molecular formula is C30H34O2Si. The average Bonchev–Trinajstić information content (AvgIpc) is 2.79. The summed E-state index contributed by atoms with van der Waals surface area (Å²) in [6, 6.07) is 26.5. The monoisotopic (exact) mass is 454 g/mol. The quantitative estimate of drug-likeness (QED) is 0.207. The van der Waals surface area contributed by atoms with Gasteiger partial charge in [0, 0.05) is 5.56 Å². The van der Waals surface area contributed by atoms with E-state index in [2.05, 4.69) is 70.0 Å². The maximum Gasteiger partial charge on any atom is 0.250 e. The maximum absolute atomic E-state index is 6.55. The fourth-order valence-corrected chi connectivity index (χ4v) is 4.01. The van der Waals surface area contributed by atoms with Gasteiger partial charge < -0.3 is 9.16 Å². The summed E-state index contributed by atoms with van der Waals surface area (Å²) in [5, 5.41) is 0.131. The molecule has 0 unspecified atom stereocenters. The third-order valence-electron chi connectivity index (χ3n) is 5.99. The second-order valence-electron chi connectivity index (χ2n) is 9.59. The third kappa shape index (κ3) is 7.22. The van der Waals surface area contributed by atoms with Crippen molar-refractivity contribution in [3.8, 4) is 17.6 Å². The lowest BCUT2D eigenvalue weighted by molar-refractivity contribution is 0.149. The summed E-state index contributed by atoms with van der Waals surface area (Å²) < 4.78 is 12.4. The zero-order chi connectivity index (χ0) is 23.7. The predicted octanol–water partition coefficient (Wildman–Crippen LogP) is 7.70. The first-order valence-electron chi connectivity index (χ1n) is 11.4. The predicted molar refractivity (Wildman–Crippen MR) is 142 cm³/mol.